The Balaban J connectivity index is 0.00000169. The van der Waals surface area contributed by atoms with Gasteiger partial charge in [-0.15, -0.1) is 0 Å². The fourth-order valence-electron chi connectivity index (χ4n) is 1.51. The molecule has 0 saturated heterocycles. The molecule has 0 aromatic heterocycles. The van der Waals surface area contributed by atoms with Crippen LogP contribution < -0.4 is 18.1 Å². The van der Waals surface area contributed by atoms with Crippen molar-refractivity contribution in [3.05, 3.63) is 35.9 Å². The van der Waals surface area contributed by atoms with Crippen molar-refractivity contribution in [3.8, 4) is 0 Å². The molecule has 0 amide bonds. The molecule has 3 heteroatoms. The summed E-state index contributed by atoms with van der Waals surface area (Å²) in [6.45, 7) is 2.83. The van der Waals surface area contributed by atoms with Crippen molar-refractivity contribution in [1.29, 1.82) is 0 Å². The van der Waals surface area contributed by atoms with Gasteiger partial charge in [0.1, 0.15) is 6.54 Å². The van der Waals surface area contributed by atoms with E-state index in [1.54, 1.807) is 0 Å². The van der Waals surface area contributed by atoms with Gasteiger partial charge in [0.2, 0.25) is 0 Å². The molecule has 14 heavy (non-hydrogen) atoms. The van der Waals surface area contributed by atoms with E-state index in [0.29, 0.717) is 0 Å². The normalized spacial score (nSPS) is 10.8. The summed E-state index contributed by atoms with van der Waals surface area (Å²) >= 11 is 0. The van der Waals surface area contributed by atoms with Crippen LogP contribution in [0.25, 0.3) is 0 Å². The molecule has 0 bridgehead atoms. The van der Waals surface area contributed by atoms with Gasteiger partial charge in [-0.05, 0) is 0 Å². The second-order valence-corrected chi connectivity index (χ2v) is 4.09. The summed E-state index contributed by atoms with van der Waals surface area (Å²) in [4.78, 5) is 0. The minimum atomic E-state index is 0. The van der Waals surface area contributed by atoms with Gasteiger partial charge in [-0.25, -0.2) is 0 Å². The molecule has 0 heterocycles. The number of quaternary nitrogens is 1. The SMILES string of the molecule is C[N+](C)(CCN)Cc1ccccc1.[Cl-]. The molecule has 2 N–H and O–H groups in total. The molecule has 0 radical (unpaired) electrons. The minimum Gasteiger partial charge on any atom is -1.00 e. The molecule has 0 aliphatic rings. The van der Waals surface area contributed by atoms with Crippen LogP contribution in [0, 0.1) is 0 Å². The zero-order chi connectivity index (χ0) is 9.73. The van der Waals surface area contributed by atoms with Gasteiger partial charge < -0.3 is 22.6 Å². The Morgan fingerprint density at radius 1 is 1.14 bits per heavy atom. The van der Waals surface area contributed by atoms with E-state index in [-0.39, 0.29) is 12.4 Å². The first-order valence-corrected chi connectivity index (χ1v) is 4.70. The molecule has 0 atom stereocenters. The van der Waals surface area contributed by atoms with Crippen LogP contribution in [0.4, 0.5) is 0 Å². The Morgan fingerprint density at radius 3 is 2.21 bits per heavy atom. The van der Waals surface area contributed by atoms with Crippen LogP contribution in [-0.2, 0) is 6.54 Å². The first-order valence-electron chi connectivity index (χ1n) is 4.70. The Hall–Kier alpha value is -0.570. The van der Waals surface area contributed by atoms with Gasteiger partial charge in [-0.1, -0.05) is 30.3 Å². The number of likely N-dealkylation sites (N-methyl/N-ethyl adjacent to an activating group) is 1. The highest BCUT2D eigenvalue weighted by Crippen LogP contribution is 2.07. The van der Waals surface area contributed by atoms with Crippen LogP contribution in [-0.4, -0.2) is 31.7 Å². The highest BCUT2D eigenvalue weighted by molar-refractivity contribution is 5.13. The van der Waals surface area contributed by atoms with Gasteiger partial charge in [0, 0.05) is 12.1 Å². The molecule has 0 spiro atoms. The predicted octanol–water partition coefficient (Wildman–Crippen LogP) is -1.77. The maximum absolute atomic E-state index is 5.55. The lowest BCUT2D eigenvalue weighted by Crippen LogP contribution is -3.00. The first kappa shape index (κ1) is 13.4. The molecule has 80 valence electrons. The molecule has 0 aliphatic heterocycles. The van der Waals surface area contributed by atoms with Crippen molar-refractivity contribution < 1.29 is 16.9 Å². The first-order chi connectivity index (χ1) is 6.14. The zero-order valence-electron chi connectivity index (χ0n) is 8.91. The summed E-state index contributed by atoms with van der Waals surface area (Å²) < 4.78 is 0.959. The Labute approximate surface area is 92.7 Å². The van der Waals surface area contributed by atoms with E-state index >= 15 is 0 Å². The largest absolute Gasteiger partial charge is 1.00 e. The average Bonchev–Trinajstić information content (AvgIpc) is 2.04. The van der Waals surface area contributed by atoms with Crippen LogP contribution in [0.1, 0.15) is 5.56 Å². The van der Waals surface area contributed by atoms with Gasteiger partial charge in [0.25, 0.3) is 0 Å². The van der Waals surface area contributed by atoms with E-state index < -0.39 is 0 Å². The molecule has 1 aromatic rings. The van der Waals surface area contributed by atoms with E-state index in [4.69, 9.17) is 5.73 Å². The second-order valence-electron chi connectivity index (χ2n) is 4.09. The Bertz CT molecular complexity index is 247. The van der Waals surface area contributed by atoms with Crippen molar-refractivity contribution in [1.82, 2.24) is 0 Å². The number of benzene rings is 1. The summed E-state index contributed by atoms with van der Waals surface area (Å²) in [5.41, 5.74) is 6.93. The topological polar surface area (TPSA) is 26.0 Å². The van der Waals surface area contributed by atoms with E-state index in [2.05, 4.69) is 38.4 Å². The molecule has 0 fully saturated rings. The molecule has 1 aromatic carbocycles. The number of rotatable bonds is 4. The second kappa shape index (κ2) is 6.02. The minimum absolute atomic E-state index is 0. The van der Waals surface area contributed by atoms with Gasteiger partial charge >= 0.3 is 0 Å². The van der Waals surface area contributed by atoms with Crippen molar-refractivity contribution in [2.45, 2.75) is 6.54 Å². The van der Waals surface area contributed by atoms with E-state index in [9.17, 15) is 0 Å². The molecule has 0 aliphatic carbocycles. The third-order valence-electron chi connectivity index (χ3n) is 2.19. The van der Waals surface area contributed by atoms with E-state index in [0.717, 1.165) is 24.1 Å². The van der Waals surface area contributed by atoms with E-state index in [1.807, 2.05) is 6.07 Å². The van der Waals surface area contributed by atoms with Gasteiger partial charge in [0.15, 0.2) is 0 Å². The average molecular weight is 215 g/mol. The molecule has 0 unspecified atom stereocenters. The molecule has 1 rings (SSSR count). The van der Waals surface area contributed by atoms with E-state index in [1.165, 1.54) is 5.56 Å². The molecular formula is C11H19ClN2. The third kappa shape index (κ3) is 4.61. The van der Waals surface area contributed by atoms with Crippen molar-refractivity contribution in [2.75, 3.05) is 27.2 Å². The zero-order valence-corrected chi connectivity index (χ0v) is 9.67. The summed E-state index contributed by atoms with van der Waals surface area (Å²) in [6.07, 6.45) is 0. The Morgan fingerprint density at radius 2 is 1.71 bits per heavy atom. The molecule has 0 saturated carbocycles. The van der Waals surface area contributed by atoms with Gasteiger partial charge in [0.05, 0.1) is 20.6 Å². The maximum atomic E-state index is 5.55. The lowest BCUT2D eigenvalue weighted by molar-refractivity contribution is -0.902. The molecular weight excluding hydrogens is 196 g/mol. The van der Waals surface area contributed by atoms with Crippen molar-refractivity contribution in [3.63, 3.8) is 0 Å². The standard InChI is InChI=1S/C11H19N2.ClH/c1-13(2,9-8-12)10-11-6-4-3-5-7-11;/h3-7H,8-10,12H2,1-2H3;1H/q+1;/p-1. The van der Waals surface area contributed by atoms with Crippen LogP contribution in [0.3, 0.4) is 0 Å². The molecule has 2 nitrogen and oxygen atoms in total. The number of nitrogens with zero attached hydrogens (tertiary/aromatic N) is 1. The van der Waals surface area contributed by atoms with Crippen LogP contribution in [0.2, 0.25) is 0 Å². The predicted molar refractivity (Wildman–Crippen MR) is 56.2 cm³/mol. The fourth-order valence-corrected chi connectivity index (χ4v) is 1.51. The van der Waals surface area contributed by atoms with Gasteiger partial charge in [-0.3, -0.25) is 0 Å². The highest BCUT2D eigenvalue weighted by Gasteiger charge is 2.13. The summed E-state index contributed by atoms with van der Waals surface area (Å²) in [5, 5.41) is 0. The fraction of sp³-hybridized carbons (Fsp3) is 0.455. The quantitative estimate of drug-likeness (QED) is 0.590. The summed E-state index contributed by atoms with van der Waals surface area (Å²) in [7, 11) is 4.42. The number of halogens is 1. The highest BCUT2D eigenvalue weighted by atomic mass is 35.5. The number of hydrogen-bond donors (Lipinski definition) is 1. The smallest absolute Gasteiger partial charge is 0.104 e. The lowest BCUT2D eigenvalue weighted by atomic mass is 10.2. The Kier molecular flexibility index (Phi) is 5.77. The monoisotopic (exact) mass is 214 g/mol. The lowest BCUT2D eigenvalue weighted by Gasteiger charge is -2.29. The maximum Gasteiger partial charge on any atom is 0.104 e. The van der Waals surface area contributed by atoms with Crippen molar-refractivity contribution >= 4 is 0 Å². The van der Waals surface area contributed by atoms with Gasteiger partial charge in [-0.2, -0.15) is 0 Å². The number of nitrogens with two attached hydrogens (primary N) is 1. The summed E-state index contributed by atoms with van der Waals surface area (Å²) in [5.74, 6) is 0. The third-order valence-corrected chi connectivity index (χ3v) is 2.19. The van der Waals surface area contributed by atoms with Crippen LogP contribution >= 0.6 is 0 Å². The van der Waals surface area contributed by atoms with Crippen molar-refractivity contribution in [2.24, 2.45) is 5.73 Å². The van der Waals surface area contributed by atoms with Crippen LogP contribution in [0.5, 0.6) is 0 Å². The summed E-state index contributed by atoms with van der Waals surface area (Å²) in [6, 6.07) is 10.5. The number of hydrogen-bond acceptors (Lipinski definition) is 1. The van der Waals surface area contributed by atoms with Crippen LogP contribution in [0.15, 0.2) is 30.3 Å².